The molecular weight excluding hydrogens is 402 g/mol. The molecule has 0 radical (unpaired) electrons. The van der Waals surface area contributed by atoms with Crippen LogP contribution in [-0.4, -0.2) is 62.6 Å². The van der Waals surface area contributed by atoms with Crippen molar-refractivity contribution in [3.63, 3.8) is 0 Å². The summed E-state index contributed by atoms with van der Waals surface area (Å²) in [7, 11) is -3.61. The van der Waals surface area contributed by atoms with Gasteiger partial charge in [-0.3, -0.25) is 19.7 Å². The number of hydrogen-bond donors (Lipinski definition) is 1. The van der Waals surface area contributed by atoms with Crippen molar-refractivity contribution in [2.24, 2.45) is 5.92 Å². The summed E-state index contributed by atoms with van der Waals surface area (Å²) < 4.78 is 28.1. The zero-order chi connectivity index (χ0) is 21.6. The molecule has 1 aromatic carbocycles. The van der Waals surface area contributed by atoms with Gasteiger partial charge in [-0.1, -0.05) is 6.92 Å². The number of rotatable bonds is 11. The number of carbonyl (C=O) groups excluding carboxylic acids is 2. The molecule has 1 aliphatic carbocycles. The van der Waals surface area contributed by atoms with Crippen molar-refractivity contribution in [2.45, 2.75) is 31.1 Å². The molecule has 0 heterocycles. The summed E-state index contributed by atoms with van der Waals surface area (Å²) in [4.78, 5) is 36.1. The van der Waals surface area contributed by atoms with Crippen molar-refractivity contribution in [1.29, 1.82) is 0 Å². The number of nitro benzene ring substituents is 1. The Morgan fingerprint density at radius 1 is 1.34 bits per heavy atom. The van der Waals surface area contributed by atoms with Gasteiger partial charge in [0, 0.05) is 25.4 Å². The Morgan fingerprint density at radius 3 is 2.59 bits per heavy atom. The van der Waals surface area contributed by atoms with Crippen molar-refractivity contribution in [1.82, 2.24) is 4.90 Å². The van der Waals surface area contributed by atoms with Crippen molar-refractivity contribution >= 4 is 33.1 Å². The first-order valence-electron chi connectivity index (χ1n) is 9.27. The molecule has 10 nitrogen and oxygen atoms in total. The van der Waals surface area contributed by atoms with Gasteiger partial charge in [-0.15, -0.1) is 0 Å². The molecule has 29 heavy (non-hydrogen) atoms. The average Bonchev–Trinajstić information content (AvgIpc) is 3.47. The molecule has 0 atom stereocenters. The molecule has 1 aromatic rings. The molecule has 0 saturated heterocycles. The molecule has 11 heteroatoms. The van der Waals surface area contributed by atoms with Gasteiger partial charge < -0.3 is 15.0 Å². The van der Waals surface area contributed by atoms with Gasteiger partial charge in [0.15, 0.2) is 16.4 Å². The van der Waals surface area contributed by atoms with Crippen molar-refractivity contribution in [3.8, 4) is 0 Å². The maximum absolute atomic E-state index is 12.2. The molecule has 160 valence electrons. The minimum absolute atomic E-state index is 0.0213. The fourth-order valence-corrected chi connectivity index (χ4v) is 3.34. The highest BCUT2D eigenvalue weighted by Crippen LogP contribution is 2.30. The second-order valence-electron chi connectivity index (χ2n) is 7.01. The summed E-state index contributed by atoms with van der Waals surface area (Å²) in [5.74, 6) is -0.489. The highest BCUT2D eigenvalue weighted by molar-refractivity contribution is 7.90. The number of anilines is 1. The Kier molecular flexibility index (Phi) is 7.54. The van der Waals surface area contributed by atoms with Crippen LogP contribution in [0.4, 0.5) is 11.4 Å². The third-order valence-electron chi connectivity index (χ3n) is 4.40. The molecule has 0 bridgehead atoms. The molecule has 1 N–H and O–H groups in total. The third-order valence-corrected chi connectivity index (χ3v) is 5.51. The van der Waals surface area contributed by atoms with Crippen molar-refractivity contribution < 1.29 is 27.7 Å². The van der Waals surface area contributed by atoms with E-state index in [4.69, 9.17) is 4.74 Å². The molecule has 2 rings (SSSR count). The normalized spacial score (nSPS) is 13.6. The number of amides is 1. The Balaban J connectivity index is 1.91. The number of ether oxygens (including phenoxy) is 1. The molecule has 1 aliphatic rings. The first kappa shape index (κ1) is 22.6. The zero-order valence-corrected chi connectivity index (χ0v) is 17.2. The quantitative estimate of drug-likeness (QED) is 0.319. The SMILES string of the molecule is CCCN(CC1CC1)C(=O)COC(=O)CNc1ccc(S(C)(=O)=O)cc1[N+](=O)[O-]. The van der Waals surface area contributed by atoms with E-state index in [-0.39, 0.29) is 23.1 Å². The number of esters is 1. The number of nitro groups is 1. The van der Waals surface area contributed by atoms with Crippen LogP contribution < -0.4 is 5.32 Å². The number of nitrogens with zero attached hydrogens (tertiary/aromatic N) is 2. The van der Waals surface area contributed by atoms with Crippen LogP contribution in [0.25, 0.3) is 0 Å². The molecular formula is C18H25N3O7S. The van der Waals surface area contributed by atoms with Crippen molar-refractivity contribution in [2.75, 3.05) is 37.8 Å². The number of carbonyl (C=O) groups is 2. The lowest BCUT2D eigenvalue weighted by Gasteiger charge is -2.21. The summed E-state index contributed by atoms with van der Waals surface area (Å²) in [5, 5.41) is 13.8. The maximum atomic E-state index is 12.2. The molecule has 0 spiro atoms. The standard InChI is InChI=1S/C18H25N3O7S/c1-3-8-20(11-13-4-5-13)17(22)12-28-18(23)10-19-15-7-6-14(29(2,26)27)9-16(15)21(24)25/h6-7,9,13,19H,3-5,8,10-12H2,1-2H3. The first-order valence-corrected chi connectivity index (χ1v) is 11.2. The average molecular weight is 427 g/mol. The lowest BCUT2D eigenvalue weighted by Crippen LogP contribution is -2.37. The van der Waals surface area contributed by atoms with E-state index in [0.29, 0.717) is 19.0 Å². The van der Waals surface area contributed by atoms with Gasteiger partial charge in [-0.2, -0.15) is 0 Å². The summed E-state index contributed by atoms with van der Waals surface area (Å²) in [6.07, 6.45) is 3.96. The Hall–Kier alpha value is -2.69. The predicted octanol–water partition coefficient (Wildman–Crippen LogP) is 1.60. The van der Waals surface area contributed by atoms with E-state index in [1.54, 1.807) is 4.90 Å². The van der Waals surface area contributed by atoms with E-state index in [1.807, 2.05) is 6.92 Å². The van der Waals surface area contributed by atoms with E-state index >= 15 is 0 Å². The van der Waals surface area contributed by atoms with Crippen LogP contribution in [0.15, 0.2) is 23.1 Å². The second-order valence-corrected chi connectivity index (χ2v) is 9.02. The van der Waals surface area contributed by atoms with Crippen LogP contribution in [0.5, 0.6) is 0 Å². The topological polar surface area (TPSA) is 136 Å². The number of benzene rings is 1. The van der Waals surface area contributed by atoms with Crippen LogP contribution in [0.3, 0.4) is 0 Å². The minimum atomic E-state index is -3.61. The van der Waals surface area contributed by atoms with Crippen molar-refractivity contribution in [3.05, 3.63) is 28.3 Å². The summed E-state index contributed by atoms with van der Waals surface area (Å²) in [6, 6.07) is 3.35. The van der Waals surface area contributed by atoms with Gasteiger partial charge in [-0.05, 0) is 37.3 Å². The molecule has 1 amide bonds. The summed E-state index contributed by atoms with van der Waals surface area (Å²) in [6.45, 7) is 2.45. The van der Waals surface area contributed by atoms with Gasteiger partial charge >= 0.3 is 5.97 Å². The van der Waals surface area contributed by atoms with Crippen LogP contribution >= 0.6 is 0 Å². The molecule has 0 aliphatic heterocycles. The molecule has 1 fully saturated rings. The van der Waals surface area contributed by atoms with Crippen LogP contribution in [-0.2, 0) is 24.2 Å². The fourth-order valence-electron chi connectivity index (χ4n) is 2.69. The Labute approximate surface area is 169 Å². The van der Waals surface area contributed by atoms with E-state index in [9.17, 15) is 28.1 Å². The Morgan fingerprint density at radius 2 is 2.03 bits per heavy atom. The predicted molar refractivity (Wildman–Crippen MR) is 105 cm³/mol. The van der Waals surface area contributed by atoms with Crippen LogP contribution in [0.1, 0.15) is 26.2 Å². The van der Waals surface area contributed by atoms with E-state index in [1.165, 1.54) is 12.1 Å². The minimum Gasteiger partial charge on any atom is -0.454 e. The lowest BCUT2D eigenvalue weighted by atomic mass is 10.2. The monoisotopic (exact) mass is 427 g/mol. The van der Waals surface area contributed by atoms with Crippen LogP contribution in [0.2, 0.25) is 0 Å². The van der Waals surface area contributed by atoms with Crippen LogP contribution in [0, 0.1) is 16.0 Å². The maximum Gasteiger partial charge on any atom is 0.325 e. The van der Waals surface area contributed by atoms with Gasteiger partial charge in [0.2, 0.25) is 0 Å². The summed E-state index contributed by atoms with van der Waals surface area (Å²) >= 11 is 0. The zero-order valence-electron chi connectivity index (χ0n) is 16.4. The van der Waals surface area contributed by atoms with Gasteiger partial charge in [-0.25, -0.2) is 8.42 Å². The first-order chi connectivity index (χ1) is 13.6. The third kappa shape index (κ3) is 7.00. The summed E-state index contributed by atoms with van der Waals surface area (Å²) in [5.41, 5.74) is -0.498. The Bertz CT molecular complexity index is 881. The number of sulfone groups is 1. The smallest absolute Gasteiger partial charge is 0.325 e. The molecule has 1 saturated carbocycles. The lowest BCUT2D eigenvalue weighted by molar-refractivity contribution is -0.384. The van der Waals surface area contributed by atoms with Gasteiger partial charge in [0.05, 0.1) is 9.82 Å². The van der Waals surface area contributed by atoms with Gasteiger partial charge in [0.25, 0.3) is 11.6 Å². The molecule has 0 aromatic heterocycles. The highest BCUT2D eigenvalue weighted by atomic mass is 32.2. The second kappa shape index (κ2) is 9.68. The van der Waals surface area contributed by atoms with Gasteiger partial charge in [0.1, 0.15) is 12.2 Å². The molecule has 0 unspecified atom stereocenters. The number of hydrogen-bond acceptors (Lipinski definition) is 8. The largest absolute Gasteiger partial charge is 0.454 e. The number of nitrogens with one attached hydrogen (secondary N) is 1. The van der Waals surface area contributed by atoms with E-state index in [2.05, 4.69) is 5.32 Å². The fraction of sp³-hybridized carbons (Fsp3) is 0.556. The van der Waals surface area contributed by atoms with E-state index < -0.39 is 33.0 Å². The highest BCUT2D eigenvalue weighted by Gasteiger charge is 2.27. The van der Waals surface area contributed by atoms with E-state index in [0.717, 1.165) is 31.6 Å².